The van der Waals surface area contributed by atoms with E-state index in [1.54, 1.807) is 0 Å². The maximum absolute atomic E-state index is 10.9. The fourth-order valence-corrected chi connectivity index (χ4v) is 8.39. The fraction of sp³-hybridized carbons (Fsp3) is 1.00. The maximum Gasteiger partial charge on any atom is 0.0867 e. The van der Waals surface area contributed by atoms with Crippen LogP contribution in [0.1, 0.15) is 13.3 Å². The molecular weight excluding hydrogens is 256 g/mol. The van der Waals surface area contributed by atoms with Gasteiger partial charge in [0.25, 0.3) is 0 Å². The van der Waals surface area contributed by atoms with E-state index in [0.29, 0.717) is 29.6 Å². The maximum atomic E-state index is 10.9. The highest BCUT2D eigenvalue weighted by Gasteiger charge is 2.91. The van der Waals surface area contributed by atoms with E-state index in [9.17, 15) is 10.2 Å². The van der Waals surface area contributed by atoms with Gasteiger partial charge in [0.2, 0.25) is 0 Å². The van der Waals surface area contributed by atoms with Crippen molar-refractivity contribution in [2.75, 3.05) is 0 Å². The number of hydrogen-bond donors (Lipinski definition) is 2. The van der Waals surface area contributed by atoms with Crippen LogP contribution >= 0.6 is 15.9 Å². The Labute approximate surface area is 97.2 Å². The van der Waals surface area contributed by atoms with Crippen LogP contribution in [0.4, 0.5) is 0 Å². The van der Waals surface area contributed by atoms with Crippen LogP contribution < -0.4 is 0 Å². The summed E-state index contributed by atoms with van der Waals surface area (Å²) in [7, 11) is 0. The van der Waals surface area contributed by atoms with Crippen molar-refractivity contribution >= 4 is 15.9 Å². The summed E-state index contributed by atoms with van der Waals surface area (Å²) in [6.07, 6.45) is 1.28. The van der Waals surface area contributed by atoms with Gasteiger partial charge in [0.15, 0.2) is 0 Å². The Balaban J connectivity index is 1.88. The third kappa shape index (κ3) is 0.502. The molecule has 0 aromatic heterocycles. The molecule has 10 atom stereocenters. The quantitative estimate of drug-likeness (QED) is 0.645. The van der Waals surface area contributed by atoms with Gasteiger partial charge in [0, 0.05) is 10.7 Å². The molecule has 6 bridgehead atoms. The van der Waals surface area contributed by atoms with Crippen LogP contribution in [0, 0.1) is 41.4 Å². The first-order valence-corrected chi connectivity index (χ1v) is 7.01. The minimum absolute atomic E-state index is 0.165. The molecule has 6 aliphatic carbocycles. The van der Waals surface area contributed by atoms with Crippen molar-refractivity contribution < 1.29 is 10.2 Å². The van der Waals surface area contributed by atoms with Gasteiger partial charge in [-0.3, -0.25) is 0 Å². The summed E-state index contributed by atoms with van der Waals surface area (Å²) in [5, 5.41) is 21.6. The van der Waals surface area contributed by atoms with Crippen molar-refractivity contribution in [2.45, 2.75) is 29.4 Å². The molecule has 2 N–H and O–H groups in total. The number of halogens is 1. The van der Waals surface area contributed by atoms with Gasteiger partial charge in [-0.25, -0.2) is 0 Å². The zero-order valence-electron chi connectivity index (χ0n) is 8.60. The lowest BCUT2D eigenvalue weighted by Crippen LogP contribution is -2.47. The Morgan fingerprint density at radius 3 is 2.47 bits per heavy atom. The molecule has 2 nitrogen and oxygen atoms in total. The largest absolute Gasteiger partial charge is 0.389 e. The van der Waals surface area contributed by atoms with Gasteiger partial charge in [0.05, 0.1) is 11.2 Å². The molecule has 0 heterocycles. The highest BCUT2D eigenvalue weighted by Crippen LogP contribution is 2.87. The fourth-order valence-electron chi connectivity index (χ4n) is 7.06. The van der Waals surface area contributed by atoms with E-state index in [0.717, 1.165) is 5.92 Å². The highest BCUT2D eigenvalue weighted by atomic mass is 79.9. The molecule has 3 heteroatoms. The molecule has 0 radical (unpaired) electrons. The second-order valence-corrected chi connectivity index (χ2v) is 7.75. The van der Waals surface area contributed by atoms with E-state index in [1.165, 1.54) is 6.42 Å². The number of aliphatic hydroxyl groups is 2. The SMILES string of the molecule is C[C@@]1(O)[C@H]2[C@H]3C[C@H]4[C@H]5[C@@H]3[C@H]1[C@](O)([C@@H]42)[C@H]5Br. The first-order valence-electron chi connectivity index (χ1n) is 6.09. The molecule has 6 rings (SSSR count). The average Bonchev–Trinajstić information content (AvgIpc) is 2.81. The molecular formula is C12H15BrO2. The average molecular weight is 271 g/mol. The van der Waals surface area contributed by atoms with E-state index in [-0.39, 0.29) is 10.7 Å². The molecule has 6 saturated carbocycles. The van der Waals surface area contributed by atoms with Crippen LogP contribution in [-0.2, 0) is 0 Å². The van der Waals surface area contributed by atoms with Crippen LogP contribution in [0.3, 0.4) is 0 Å². The third-order valence-corrected chi connectivity index (χ3v) is 8.13. The smallest absolute Gasteiger partial charge is 0.0867 e. The molecule has 15 heavy (non-hydrogen) atoms. The minimum atomic E-state index is -0.583. The molecule has 0 aromatic carbocycles. The minimum Gasteiger partial charge on any atom is -0.389 e. The molecule has 0 aromatic rings. The highest BCUT2D eigenvalue weighted by molar-refractivity contribution is 9.09. The Morgan fingerprint density at radius 2 is 1.80 bits per heavy atom. The van der Waals surface area contributed by atoms with Gasteiger partial charge in [-0.05, 0) is 48.9 Å². The van der Waals surface area contributed by atoms with Crippen molar-refractivity contribution in [2.24, 2.45) is 41.4 Å². The van der Waals surface area contributed by atoms with Gasteiger partial charge in [-0.1, -0.05) is 15.9 Å². The zero-order valence-corrected chi connectivity index (χ0v) is 10.2. The summed E-state index contributed by atoms with van der Waals surface area (Å²) < 4.78 is 0. The molecule has 82 valence electrons. The monoisotopic (exact) mass is 270 g/mol. The van der Waals surface area contributed by atoms with E-state index >= 15 is 0 Å². The molecule has 6 fully saturated rings. The topological polar surface area (TPSA) is 40.5 Å². The molecule has 0 spiro atoms. The molecule has 6 aliphatic rings. The van der Waals surface area contributed by atoms with Crippen molar-refractivity contribution in [3.05, 3.63) is 0 Å². The van der Waals surface area contributed by atoms with Gasteiger partial charge in [-0.15, -0.1) is 0 Å². The lowest BCUT2D eigenvalue weighted by molar-refractivity contribution is -0.0700. The molecule has 0 unspecified atom stereocenters. The Bertz CT molecular complexity index is 393. The zero-order chi connectivity index (χ0) is 10.3. The molecule has 0 aliphatic heterocycles. The van der Waals surface area contributed by atoms with Crippen molar-refractivity contribution in [1.82, 2.24) is 0 Å². The summed E-state index contributed by atoms with van der Waals surface area (Å²) in [4.78, 5) is 0.263. The Morgan fingerprint density at radius 1 is 1.13 bits per heavy atom. The summed E-state index contributed by atoms with van der Waals surface area (Å²) >= 11 is 3.73. The summed E-state index contributed by atoms with van der Waals surface area (Å²) in [6.45, 7) is 1.98. The predicted molar refractivity (Wildman–Crippen MR) is 57.3 cm³/mol. The van der Waals surface area contributed by atoms with Gasteiger partial charge in [-0.2, -0.15) is 0 Å². The van der Waals surface area contributed by atoms with Crippen LogP contribution in [0.5, 0.6) is 0 Å². The number of hydrogen-bond acceptors (Lipinski definition) is 2. The van der Waals surface area contributed by atoms with Crippen LogP contribution in [0.2, 0.25) is 0 Å². The van der Waals surface area contributed by atoms with Crippen LogP contribution in [-0.4, -0.2) is 26.2 Å². The van der Waals surface area contributed by atoms with Crippen LogP contribution in [0.15, 0.2) is 0 Å². The van der Waals surface area contributed by atoms with E-state index in [1.807, 2.05) is 6.92 Å². The number of rotatable bonds is 0. The summed E-state index contributed by atoms with van der Waals surface area (Å²) in [6, 6.07) is 0. The Kier molecular flexibility index (Phi) is 1.05. The summed E-state index contributed by atoms with van der Waals surface area (Å²) in [5.74, 6) is 3.70. The second-order valence-electron chi connectivity index (χ2n) is 6.76. The lowest BCUT2D eigenvalue weighted by atomic mass is 9.69. The van der Waals surface area contributed by atoms with Crippen molar-refractivity contribution in [3.8, 4) is 0 Å². The van der Waals surface area contributed by atoms with Crippen molar-refractivity contribution in [3.63, 3.8) is 0 Å². The third-order valence-electron chi connectivity index (χ3n) is 6.79. The molecule has 0 amide bonds. The van der Waals surface area contributed by atoms with Gasteiger partial charge in [0.1, 0.15) is 0 Å². The van der Waals surface area contributed by atoms with E-state index in [4.69, 9.17) is 0 Å². The first-order chi connectivity index (χ1) is 7.00. The van der Waals surface area contributed by atoms with Crippen molar-refractivity contribution in [1.29, 1.82) is 0 Å². The van der Waals surface area contributed by atoms with Gasteiger partial charge >= 0.3 is 0 Å². The number of alkyl halides is 1. The first kappa shape index (κ1) is 8.48. The van der Waals surface area contributed by atoms with Crippen LogP contribution in [0.25, 0.3) is 0 Å². The summed E-state index contributed by atoms with van der Waals surface area (Å²) in [5.41, 5.74) is -1.15. The Hall–Kier alpha value is 0.400. The van der Waals surface area contributed by atoms with Gasteiger partial charge < -0.3 is 10.2 Å². The second kappa shape index (κ2) is 1.85. The van der Waals surface area contributed by atoms with E-state index in [2.05, 4.69) is 15.9 Å². The normalized spacial score (nSPS) is 85.6. The molecule has 0 saturated heterocycles. The predicted octanol–water partition coefficient (Wildman–Crippen LogP) is 1.00. The van der Waals surface area contributed by atoms with E-state index < -0.39 is 11.2 Å². The standard InChI is InChI=1S/C12H15BrO2/c1-11(14)7-3-2-4-6-5(3)9(11)12(15,8(4)7)10(6)13/h3-10,14-15H,2H2,1H3/t3-,4-,5+,6-,7-,8-,9+,10-,11+,12+/m0/s1. The lowest BCUT2D eigenvalue weighted by Gasteiger charge is -2.38.